The first-order valence-corrected chi connectivity index (χ1v) is 5.60. The third-order valence-electron chi connectivity index (χ3n) is 3.13. The molecule has 1 aliphatic heterocycles. The van der Waals surface area contributed by atoms with Gasteiger partial charge in [0.1, 0.15) is 0 Å². The highest BCUT2D eigenvalue weighted by Crippen LogP contribution is 2.30. The van der Waals surface area contributed by atoms with E-state index in [1.807, 2.05) is 6.07 Å². The van der Waals surface area contributed by atoms with Crippen molar-refractivity contribution in [2.24, 2.45) is 5.92 Å². The van der Waals surface area contributed by atoms with Crippen LogP contribution in [-0.4, -0.2) is 19.6 Å². The monoisotopic (exact) mass is 219 g/mol. The van der Waals surface area contributed by atoms with Gasteiger partial charge in [0.2, 0.25) is 0 Å². The first-order valence-electron chi connectivity index (χ1n) is 5.60. The molecule has 1 heterocycles. The van der Waals surface area contributed by atoms with Crippen LogP contribution in [0, 0.1) is 12.8 Å². The molecule has 3 nitrogen and oxygen atoms in total. The van der Waals surface area contributed by atoms with E-state index >= 15 is 0 Å². The lowest BCUT2D eigenvalue weighted by Crippen LogP contribution is -2.24. The largest absolute Gasteiger partial charge is 0.469 e. The number of hydrogen-bond acceptors (Lipinski definition) is 3. The predicted molar refractivity (Wildman–Crippen MR) is 62.0 cm³/mol. The highest BCUT2D eigenvalue weighted by molar-refractivity contribution is 5.74. The van der Waals surface area contributed by atoms with Crippen molar-refractivity contribution in [1.29, 1.82) is 0 Å². The number of nitrogens with one attached hydrogen (secondary N) is 1. The average Bonchev–Trinajstić information content (AvgIpc) is 2.77. The summed E-state index contributed by atoms with van der Waals surface area (Å²) in [6, 6.07) is 8.38. The second-order valence-electron chi connectivity index (χ2n) is 4.26. The summed E-state index contributed by atoms with van der Waals surface area (Å²) >= 11 is 0. The van der Waals surface area contributed by atoms with Crippen LogP contribution in [0.2, 0.25) is 0 Å². The Labute approximate surface area is 95.8 Å². The van der Waals surface area contributed by atoms with Crippen LogP contribution in [0.25, 0.3) is 0 Å². The molecule has 3 heteroatoms. The van der Waals surface area contributed by atoms with Crippen molar-refractivity contribution in [3.8, 4) is 0 Å². The van der Waals surface area contributed by atoms with E-state index in [1.165, 1.54) is 18.2 Å². The van der Waals surface area contributed by atoms with Gasteiger partial charge in [0, 0.05) is 6.04 Å². The van der Waals surface area contributed by atoms with E-state index < -0.39 is 0 Å². The maximum absolute atomic E-state index is 11.6. The number of ether oxygens (including phenoxy) is 1. The summed E-state index contributed by atoms with van der Waals surface area (Å²) in [6.45, 7) is 2.93. The lowest BCUT2D eigenvalue weighted by Gasteiger charge is -2.18. The summed E-state index contributed by atoms with van der Waals surface area (Å²) in [7, 11) is 1.45. The molecule has 1 N–H and O–H groups in total. The molecule has 0 aliphatic carbocycles. The van der Waals surface area contributed by atoms with Crippen molar-refractivity contribution in [2.75, 3.05) is 13.7 Å². The van der Waals surface area contributed by atoms with Gasteiger partial charge < -0.3 is 10.1 Å². The first-order chi connectivity index (χ1) is 7.72. The molecule has 0 aromatic heterocycles. The van der Waals surface area contributed by atoms with E-state index in [9.17, 15) is 4.79 Å². The van der Waals surface area contributed by atoms with Crippen LogP contribution in [0.5, 0.6) is 0 Å². The van der Waals surface area contributed by atoms with Crippen LogP contribution >= 0.6 is 0 Å². The number of esters is 1. The summed E-state index contributed by atoms with van der Waals surface area (Å²) in [5, 5.41) is 3.36. The molecular weight excluding hydrogens is 202 g/mol. The van der Waals surface area contributed by atoms with Crippen LogP contribution in [0.4, 0.5) is 0 Å². The minimum Gasteiger partial charge on any atom is -0.469 e. The lowest BCUT2D eigenvalue weighted by molar-refractivity contribution is -0.145. The lowest BCUT2D eigenvalue weighted by atomic mass is 9.93. The Morgan fingerprint density at radius 3 is 3.00 bits per heavy atom. The molecule has 0 bridgehead atoms. The van der Waals surface area contributed by atoms with Crippen LogP contribution in [0.15, 0.2) is 24.3 Å². The molecular formula is C13H17NO2. The number of hydrogen-bond donors (Lipinski definition) is 1. The molecule has 0 radical (unpaired) electrons. The standard InChI is InChI=1S/C13H17NO2/c1-9-4-3-5-10(8-9)12-11(6-7-14-12)13(15)16-2/h3-5,8,11-12,14H,6-7H2,1-2H3. The Morgan fingerprint density at radius 1 is 1.50 bits per heavy atom. The topological polar surface area (TPSA) is 38.3 Å². The highest BCUT2D eigenvalue weighted by atomic mass is 16.5. The van der Waals surface area contributed by atoms with Crippen LogP contribution in [0.1, 0.15) is 23.6 Å². The van der Waals surface area contributed by atoms with Gasteiger partial charge in [-0.25, -0.2) is 0 Å². The van der Waals surface area contributed by atoms with Crippen molar-refractivity contribution in [3.63, 3.8) is 0 Å². The van der Waals surface area contributed by atoms with E-state index in [1.54, 1.807) is 0 Å². The second kappa shape index (κ2) is 4.66. The molecule has 1 saturated heterocycles. The maximum atomic E-state index is 11.6. The fourth-order valence-corrected chi connectivity index (χ4v) is 2.32. The average molecular weight is 219 g/mol. The van der Waals surface area contributed by atoms with E-state index in [2.05, 4.69) is 30.4 Å². The normalized spacial score (nSPS) is 24.4. The molecule has 0 saturated carbocycles. The fraction of sp³-hybridized carbons (Fsp3) is 0.462. The zero-order valence-electron chi connectivity index (χ0n) is 9.69. The first kappa shape index (κ1) is 11.1. The van der Waals surface area contributed by atoms with Gasteiger partial charge in [-0.1, -0.05) is 29.8 Å². The Hall–Kier alpha value is -1.35. The molecule has 0 amide bonds. The minimum absolute atomic E-state index is 0.0493. The Balaban J connectivity index is 2.23. The van der Waals surface area contributed by atoms with Crippen molar-refractivity contribution in [3.05, 3.63) is 35.4 Å². The molecule has 2 unspecified atom stereocenters. The Morgan fingerprint density at radius 2 is 2.31 bits per heavy atom. The highest BCUT2D eigenvalue weighted by Gasteiger charge is 2.34. The molecule has 16 heavy (non-hydrogen) atoms. The summed E-state index contributed by atoms with van der Waals surface area (Å²) in [6.07, 6.45) is 0.852. The van der Waals surface area contributed by atoms with Crippen molar-refractivity contribution in [2.45, 2.75) is 19.4 Å². The molecule has 0 spiro atoms. The molecule has 2 atom stereocenters. The van der Waals surface area contributed by atoms with Crippen molar-refractivity contribution >= 4 is 5.97 Å². The molecule has 86 valence electrons. The van der Waals surface area contributed by atoms with Gasteiger partial charge in [-0.05, 0) is 25.5 Å². The maximum Gasteiger partial charge on any atom is 0.310 e. The second-order valence-corrected chi connectivity index (χ2v) is 4.26. The number of carbonyl (C=O) groups excluding carboxylic acids is 1. The predicted octanol–water partition coefficient (Wildman–Crippen LogP) is 1.82. The quantitative estimate of drug-likeness (QED) is 0.771. The van der Waals surface area contributed by atoms with Gasteiger partial charge in [0.25, 0.3) is 0 Å². The van der Waals surface area contributed by atoms with E-state index in [4.69, 9.17) is 4.74 Å². The smallest absolute Gasteiger partial charge is 0.310 e. The van der Waals surface area contributed by atoms with E-state index in [-0.39, 0.29) is 17.9 Å². The van der Waals surface area contributed by atoms with E-state index in [0.29, 0.717) is 0 Å². The molecule has 1 aromatic rings. The third kappa shape index (κ3) is 2.09. The zero-order valence-corrected chi connectivity index (χ0v) is 9.69. The van der Waals surface area contributed by atoms with Gasteiger partial charge in [0.05, 0.1) is 13.0 Å². The number of methoxy groups -OCH3 is 1. The zero-order chi connectivity index (χ0) is 11.5. The van der Waals surface area contributed by atoms with Gasteiger partial charge in [-0.2, -0.15) is 0 Å². The Bertz CT molecular complexity index is 389. The van der Waals surface area contributed by atoms with Crippen molar-refractivity contribution in [1.82, 2.24) is 5.32 Å². The van der Waals surface area contributed by atoms with Crippen LogP contribution < -0.4 is 5.32 Å². The van der Waals surface area contributed by atoms with Gasteiger partial charge in [-0.15, -0.1) is 0 Å². The van der Waals surface area contributed by atoms with Crippen LogP contribution in [0.3, 0.4) is 0 Å². The minimum atomic E-state index is -0.114. The van der Waals surface area contributed by atoms with Gasteiger partial charge in [0.15, 0.2) is 0 Å². The van der Waals surface area contributed by atoms with Crippen LogP contribution in [-0.2, 0) is 9.53 Å². The third-order valence-corrected chi connectivity index (χ3v) is 3.13. The number of benzene rings is 1. The molecule has 2 rings (SSSR count). The van der Waals surface area contributed by atoms with Gasteiger partial charge >= 0.3 is 5.97 Å². The summed E-state index contributed by atoms with van der Waals surface area (Å²) in [5.41, 5.74) is 2.39. The molecule has 1 aliphatic rings. The number of aryl methyl sites for hydroxylation is 1. The van der Waals surface area contributed by atoms with Crippen molar-refractivity contribution < 1.29 is 9.53 Å². The SMILES string of the molecule is COC(=O)C1CCNC1c1cccc(C)c1. The van der Waals surface area contributed by atoms with E-state index in [0.717, 1.165) is 13.0 Å². The number of rotatable bonds is 2. The Kier molecular flexibility index (Phi) is 3.25. The van der Waals surface area contributed by atoms with Gasteiger partial charge in [-0.3, -0.25) is 4.79 Å². The molecule has 1 aromatic carbocycles. The summed E-state index contributed by atoms with van der Waals surface area (Å²) in [4.78, 5) is 11.6. The fourth-order valence-electron chi connectivity index (χ4n) is 2.32. The summed E-state index contributed by atoms with van der Waals surface area (Å²) in [5.74, 6) is -0.164. The number of carbonyl (C=O) groups is 1. The molecule has 1 fully saturated rings. The summed E-state index contributed by atoms with van der Waals surface area (Å²) < 4.78 is 4.84.